The standard InChI is InChI=1S/C22H30F3N3O4S/c23-22(24,25)32-19-6-3-7-20(16-19)33(30,31)28-10-8-17(9-11-28)21(29)27-14-12-26(13-15-27)18-4-1-2-5-18/h3,6-7,16-18H,1-2,4-5,8-15H2. The van der Waals surface area contributed by atoms with Crippen LogP contribution in [0.15, 0.2) is 29.2 Å². The molecular formula is C22H30F3N3O4S. The third kappa shape index (κ3) is 5.81. The molecule has 0 N–H and O–H groups in total. The van der Waals surface area contributed by atoms with E-state index in [9.17, 15) is 26.4 Å². The lowest BCUT2D eigenvalue weighted by atomic mass is 9.96. The smallest absolute Gasteiger partial charge is 0.406 e. The van der Waals surface area contributed by atoms with Gasteiger partial charge in [-0.05, 0) is 37.8 Å². The van der Waals surface area contributed by atoms with Gasteiger partial charge in [0.2, 0.25) is 15.9 Å². The fourth-order valence-corrected chi connectivity index (χ4v) is 6.66. The van der Waals surface area contributed by atoms with E-state index >= 15 is 0 Å². The molecule has 184 valence electrons. The molecule has 1 aromatic carbocycles. The fraction of sp³-hybridized carbons (Fsp3) is 0.682. The van der Waals surface area contributed by atoms with Crippen LogP contribution in [0.3, 0.4) is 0 Å². The number of alkyl halides is 3. The second-order valence-electron chi connectivity index (χ2n) is 9.00. The summed E-state index contributed by atoms with van der Waals surface area (Å²) < 4.78 is 68.4. The largest absolute Gasteiger partial charge is 0.573 e. The van der Waals surface area contributed by atoms with Gasteiger partial charge in [0, 0.05) is 57.3 Å². The Bertz CT molecular complexity index is 934. The molecule has 2 heterocycles. The highest BCUT2D eigenvalue weighted by molar-refractivity contribution is 7.89. The molecule has 0 radical (unpaired) electrons. The fourth-order valence-electron chi connectivity index (χ4n) is 5.16. The number of ether oxygens (including phenoxy) is 1. The SMILES string of the molecule is O=C(C1CCN(S(=O)(=O)c2cccc(OC(F)(F)F)c2)CC1)N1CCN(C2CCCC2)CC1. The van der Waals surface area contributed by atoms with Gasteiger partial charge in [-0.2, -0.15) is 4.31 Å². The predicted octanol–water partition coefficient (Wildman–Crippen LogP) is 3.07. The van der Waals surface area contributed by atoms with E-state index in [0.717, 1.165) is 25.2 Å². The number of carbonyl (C=O) groups is 1. The summed E-state index contributed by atoms with van der Waals surface area (Å²) >= 11 is 0. The maximum Gasteiger partial charge on any atom is 0.573 e. The van der Waals surface area contributed by atoms with Crippen molar-refractivity contribution in [3.63, 3.8) is 0 Å². The first kappa shape index (κ1) is 24.3. The molecule has 3 fully saturated rings. The maximum atomic E-state index is 13.0. The summed E-state index contributed by atoms with van der Waals surface area (Å²) in [7, 11) is -3.98. The van der Waals surface area contributed by atoms with E-state index in [0.29, 0.717) is 32.0 Å². The zero-order chi connectivity index (χ0) is 23.6. The molecular weight excluding hydrogens is 459 g/mol. The Kier molecular flexibility index (Phi) is 7.20. The third-order valence-corrected chi connectivity index (χ3v) is 8.84. The van der Waals surface area contributed by atoms with E-state index < -0.39 is 22.1 Å². The molecule has 1 aliphatic carbocycles. The number of hydrogen-bond donors (Lipinski definition) is 0. The van der Waals surface area contributed by atoms with Crippen LogP contribution in [-0.4, -0.2) is 80.1 Å². The minimum absolute atomic E-state index is 0.0821. The highest BCUT2D eigenvalue weighted by Crippen LogP contribution is 2.30. The molecule has 2 aliphatic heterocycles. The van der Waals surface area contributed by atoms with Crippen LogP contribution in [0.25, 0.3) is 0 Å². The molecule has 0 aromatic heterocycles. The van der Waals surface area contributed by atoms with Crippen LogP contribution in [0, 0.1) is 5.92 Å². The molecule has 1 saturated carbocycles. The van der Waals surface area contributed by atoms with Crippen LogP contribution in [0.1, 0.15) is 38.5 Å². The second kappa shape index (κ2) is 9.79. The van der Waals surface area contributed by atoms with Crippen LogP contribution < -0.4 is 4.74 Å². The maximum absolute atomic E-state index is 13.0. The summed E-state index contributed by atoms with van der Waals surface area (Å²) in [6.07, 6.45) is 0.955. The summed E-state index contributed by atoms with van der Waals surface area (Å²) in [5, 5.41) is 0. The Balaban J connectivity index is 1.31. The Morgan fingerprint density at radius 2 is 1.58 bits per heavy atom. The Hall–Kier alpha value is -1.85. The van der Waals surface area contributed by atoms with Crippen LogP contribution in [0.4, 0.5) is 13.2 Å². The van der Waals surface area contributed by atoms with Gasteiger partial charge in [-0.15, -0.1) is 13.2 Å². The molecule has 0 unspecified atom stereocenters. The van der Waals surface area contributed by atoms with Gasteiger partial charge in [-0.1, -0.05) is 18.9 Å². The van der Waals surface area contributed by atoms with Gasteiger partial charge in [-0.25, -0.2) is 8.42 Å². The number of nitrogens with zero attached hydrogens (tertiary/aromatic N) is 3. The van der Waals surface area contributed by atoms with Gasteiger partial charge in [0.15, 0.2) is 0 Å². The van der Waals surface area contributed by atoms with E-state index in [1.807, 2.05) is 4.90 Å². The third-order valence-electron chi connectivity index (χ3n) is 6.95. The number of piperazine rings is 1. The number of carbonyl (C=O) groups excluding carboxylic acids is 1. The number of hydrogen-bond acceptors (Lipinski definition) is 5. The minimum Gasteiger partial charge on any atom is -0.406 e. The van der Waals surface area contributed by atoms with Crippen molar-refractivity contribution in [1.29, 1.82) is 0 Å². The van der Waals surface area contributed by atoms with Crippen molar-refractivity contribution < 1.29 is 31.1 Å². The van der Waals surface area contributed by atoms with Gasteiger partial charge in [0.25, 0.3) is 0 Å². The summed E-state index contributed by atoms with van der Waals surface area (Å²) in [5.41, 5.74) is 0. The van der Waals surface area contributed by atoms with E-state index in [4.69, 9.17) is 0 Å². The van der Waals surface area contributed by atoms with Gasteiger partial charge in [-0.3, -0.25) is 9.69 Å². The zero-order valence-corrected chi connectivity index (χ0v) is 19.3. The highest BCUT2D eigenvalue weighted by atomic mass is 32.2. The number of piperidine rings is 1. The van der Waals surface area contributed by atoms with Crippen LogP contribution in [-0.2, 0) is 14.8 Å². The molecule has 4 rings (SSSR count). The zero-order valence-electron chi connectivity index (χ0n) is 18.5. The summed E-state index contributed by atoms with van der Waals surface area (Å²) in [6, 6.07) is 5.05. The van der Waals surface area contributed by atoms with Gasteiger partial charge in [0.05, 0.1) is 4.90 Å². The number of amides is 1. The van der Waals surface area contributed by atoms with Crippen molar-refractivity contribution >= 4 is 15.9 Å². The van der Waals surface area contributed by atoms with Crippen LogP contribution in [0.5, 0.6) is 5.75 Å². The van der Waals surface area contributed by atoms with E-state index in [-0.39, 0.29) is 29.8 Å². The van der Waals surface area contributed by atoms with E-state index in [1.165, 1.54) is 42.1 Å². The first-order chi connectivity index (χ1) is 15.6. The number of sulfonamides is 1. The molecule has 33 heavy (non-hydrogen) atoms. The average Bonchev–Trinajstić information content (AvgIpc) is 3.33. The lowest BCUT2D eigenvalue weighted by Crippen LogP contribution is -2.53. The first-order valence-electron chi connectivity index (χ1n) is 11.5. The quantitative estimate of drug-likeness (QED) is 0.636. The highest BCUT2D eigenvalue weighted by Gasteiger charge is 2.36. The molecule has 0 bridgehead atoms. The Morgan fingerprint density at radius 3 is 2.18 bits per heavy atom. The van der Waals surface area contributed by atoms with Crippen molar-refractivity contribution in [2.24, 2.45) is 5.92 Å². The van der Waals surface area contributed by atoms with E-state index in [1.54, 1.807) is 0 Å². The Labute approximate surface area is 192 Å². The molecule has 1 amide bonds. The van der Waals surface area contributed by atoms with Crippen molar-refractivity contribution in [2.75, 3.05) is 39.3 Å². The Morgan fingerprint density at radius 1 is 0.939 bits per heavy atom. The lowest BCUT2D eigenvalue weighted by Gasteiger charge is -2.40. The molecule has 3 aliphatic rings. The predicted molar refractivity (Wildman–Crippen MR) is 115 cm³/mol. The molecule has 11 heteroatoms. The lowest BCUT2D eigenvalue weighted by molar-refractivity contribution is -0.274. The molecule has 0 atom stereocenters. The number of halogens is 3. The van der Waals surface area contributed by atoms with Crippen molar-refractivity contribution in [3.8, 4) is 5.75 Å². The normalized spacial score (nSPS) is 22.6. The van der Waals surface area contributed by atoms with E-state index in [2.05, 4.69) is 9.64 Å². The van der Waals surface area contributed by atoms with Gasteiger partial charge < -0.3 is 9.64 Å². The summed E-state index contributed by atoms with van der Waals surface area (Å²) in [4.78, 5) is 17.1. The average molecular weight is 490 g/mol. The topological polar surface area (TPSA) is 70.2 Å². The number of benzene rings is 1. The molecule has 1 aromatic rings. The van der Waals surface area contributed by atoms with Crippen molar-refractivity contribution in [1.82, 2.24) is 14.1 Å². The van der Waals surface area contributed by atoms with Crippen molar-refractivity contribution in [3.05, 3.63) is 24.3 Å². The molecule has 7 nitrogen and oxygen atoms in total. The first-order valence-corrected chi connectivity index (χ1v) is 13.0. The van der Waals surface area contributed by atoms with Crippen LogP contribution >= 0.6 is 0 Å². The molecule has 2 saturated heterocycles. The van der Waals surface area contributed by atoms with Crippen LogP contribution in [0.2, 0.25) is 0 Å². The second-order valence-corrected chi connectivity index (χ2v) is 10.9. The minimum atomic E-state index is -4.90. The van der Waals surface area contributed by atoms with Gasteiger partial charge >= 0.3 is 6.36 Å². The summed E-state index contributed by atoms with van der Waals surface area (Å²) in [6.45, 7) is 3.51. The van der Waals surface area contributed by atoms with Crippen molar-refractivity contribution in [2.45, 2.75) is 55.8 Å². The summed E-state index contributed by atoms with van der Waals surface area (Å²) in [5.74, 6) is -0.724. The van der Waals surface area contributed by atoms with Gasteiger partial charge in [0.1, 0.15) is 5.75 Å². The monoisotopic (exact) mass is 489 g/mol. The molecule has 0 spiro atoms. The number of rotatable bonds is 5.